The Morgan fingerprint density at radius 2 is 1.73 bits per heavy atom. The third-order valence-corrected chi connectivity index (χ3v) is 6.20. The first-order chi connectivity index (χ1) is 12.1. The quantitative estimate of drug-likeness (QED) is 0.894. The summed E-state index contributed by atoms with van der Waals surface area (Å²) in [6, 6.07) is 10.1. The lowest BCUT2D eigenvalue weighted by atomic mass is 10.1. The van der Waals surface area contributed by atoms with Crippen LogP contribution in [0.4, 0.5) is 5.69 Å². The number of nitriles is 1. The van der Waals surface area contributed by atoms with Gasteiger partial charge in [-0.2, -0.15) is 5.26 Å². The van der Waals surface area contributed by atoms with Crippen molar-refractivity contribution in [3.63, 3.8) is 0 Å². The van der Waals surface area contributed by atoms with E-state index in [1.54, 1.807) is 38.1 Å². The summed E-state index contributed by atoms with van der Waals surface area (Å²) in [5.41, 5.74) is 3.32. The number of nitrogens with zero attached hydrogens (tertiary/aromatic N) is 2. The van der Waals surface area contributed by atoms with Gasteiger partial charge in [0, 0.05) is 25.3 Å². The van der Waals surface area contributed by atoms with E-state index in [2.05, 4.69) is 5.32 Å². The van der Waals surface area contributed by atoms with Crippen molar-refractivity contribution >= 4 is 21.6 Å². The van der Waals surface area contributed by atoms with Gasteiger partial charge < -0.3 is 5.32 Å². The average molecular weight is 371 g/mol. The zero-order valence-electron chi connectivity index (χ0n) is 15.4. The molecular formula is C19H21N3O3S. The molecule has 0 aliphatic rings. The number of hydrogen-bond acceptors (Lipinski definition) is 4. The van der Waals surface area contributed by atoms with Gasteiger partial charge in [0.25, 0.3) is 5.91 Å². The van der Waals surface area contributed by atoms with Crippen LogP contribution in [-0.2, 0) is 10.0 Å². The number of amides is 1. The zero-order chi connectivity index (χ0) is 19.6. The Morgan fingerprint density at radius 3 is 2.31 bits per heavy atom. The number of aryl methyl sites for hydroxylation is 2. The standard InChI is InChI=1S/C19H21N3O3S/c1-12-6-7-15(11-20)9-17(12)21-19(23)16-8-13(2)14(3)18(10-16)26(24,25)22(4)5/h6-10H,1-5H3,(H,21,23). The minimum Gasteiger partial charge on any atom is -0.322 e. The van der Waals surface area contributed by atoms with Gasteiger partial charge in [0.15, 0.2) is 0 Å². The molecule has 0 saturated heterocycles. The number of rotatable bonds is 4. The maximum atomic E-state index is 12.7. The van der Waals surface area contributed by atoms with E-state index in [-0.39, 0.29) is 10.5 Å². The second-order valence-electron chi connectivity index (χ2n) is 6.30. The summed E-state index contributed by atoms with van der Waals surface area (Å²) in [6.07, 6.45) is 0. The molecule has 0 fully saturated rings. The van der Waals surface area contributed by atoms with Crippen LogP contribution >= 0.6 is 0 Å². The van der Waals surface area contributed by atoms with Crippen molar-refractivity contribution in [1.29, 1.82) is 5.26 Å². The van der Waals surface area contributed by atoms with Gasteiger partial charge in [0.2, 0.25) is 10.0 Å². The topological polar surface area (TPSA) is 90.3 Å². The summed E-state index contributed by atoms with van der Waals surface area (Å²) in [7, 11) is -0.764. The lowest BCUT2D eigenvalue weighted by Gasteiger charge is -2.17. The number of carbonyl (C=O) groups is 1. The normalized spacial score (nSPS) is 11.3. The lowest BCUT2D eigenvalue weighted by Crippen LogP contribution is -2.24. The van der Waals surface area contributed by atoms with Crippen molar-refractivity contribution in [2.45, 2.75) is 25.7 Å². The molecule has 2 rings (SSSR count). The number of carbonyl (C=O) groups excluding carboxylic acids is 1. The molecule has 0 saturated carbocycles. The van der Waals surface area contributed by atoms with E-state index >= 15 is 0 Å². The van der Waals surface area contributed by atoms with Crippen LogP contribution in [0.25, 0.3) is 0 Å². The molecule has 2 aromatic carbocycles. The fourth-order valence-corrected chi connectivity index (χ4v) is 3.66. The van der Waals surface area contributed by atoms with E-state index in [1.165, 1.54) is 20.2 Å². The number of nitrogens with one attached hydrogen (secondary N) is 1. The summed E-state index contributed by atoms with van der Waals surface area (Å²) in [5, 5.41) is 11.8. The Morgan fingerprint density at radius 1 is 1.08 bits per heavy atom. The van der Waals surface area contributed by atoms with E-state index in [0.29, 0.717) is 22.4 Å². The van der Waals surface area contributed by atoms with E-state index in [4.69, 9.17) is 5.26 Å². The monoisotopic (exact) mass is 371 g/mol. The van der Waals surface area contributed by atoms with Crippen LogP contribution in [0.1, 0.15) is 32.6 Å². The van der Waals surface area contributed by atoms with E-state index in [9.17, 15) is 13.2 Å². The zero-order valence-corrected chi connectivity index (χ0v) is 16.2. The van der Waals surface area contributed by atoms with Gasteiger partial charge in [-0.1, -0.05) is 6.07 Å². The minimum absolute atomic E-state index is 0.107. The van der Waals surface area contributed by atoms with Crippen LogP contribution < -0.4 is 5.32 Å². The molecule has 7 heteroatoms. The second kappa shape index (κ2) is 7.28. The Labute approximate surface area is 154 Å². The lowest BCUT2D eigenvalue weighted by molar-refractivity contribution is 0.102. The van der Waals surface area contributed by atoms with Gasteiger partial charge in [0.1, 0.15) is 0 Å². The molecular weight excluding hydrogens is 350 g/mol. The summed E-state index contributed by atoms with van der Waals surface area (Å²) < 4.78 is 26.2. The first-order valence-corrected chi connectivity index (χ1v) is 9.37. The fourth-order valence-electron chi connectivity index (χ4n) is 2.44. The van der Waals surface area contributed by atoms with Crippen LogP contribution in [0.3, 0.4) is 0 Å². The molecule has 0 atom stereocenters. The van der Waals surface area contributed by atoms with E-state index in [1.807, 2.05) is 13.0 Å². The highest BCUT2D eigenvalue weighted by Gasteiger charge is 2.23. The van der Waals surface area contributed by atoms with Crippen molar-refractivity contribution in [1.82, 2.24) is 4.31 Å². The van der Waals surface area contributed by atoms with Crippen LogP contribution in [-0.4, -0.2) is 32.7 Å². The first kappa shape index (κ1) is 19.6. The van der Waals surface area contributed by atoms with Crippen LogP contribution in [0.15, 0.2) is 35.2 Å². The third kappa shape index (κ3) is 3.77. The largest absolute Gasteiger partial charge is 0.322 e. The number of benzene rings is 2. The van der Waals surface area contributed by atoms with Crippen molar-refractivity contribution in [3.8, 4) is 6.07 Å². The molecule has 0 heterocycles. The van der Waals surface area contributed by atoms with Crippen molar-refractivity contribution in [2.24, 2.45) is 0 Å². The molecule has 0 radical (unpaired) electrons. The fraction of sp³-hybridized carbons (Fsp3) is 0.263. The van der Waals surface area contributed by atoms with E-state index < -0.39 is 15.9 Å². The summed E-state index contributed by atoms with van der Waals surface area (Å²) >= 11 is 0. The number of anilines is 1. The van der Waals surface area contributed by atoms with Crippen molar-refractivity contribution < 1.29 is 13.2 Å². The molecule has 0 aliphatic heterocycles. The Bertz CT molecular complexity index is 1020. The third-order valence-electron chi connectivity index (χ3n) is 4.26. The first-order valence-electron chi connectivity index (χ1n) is 7.93. The van der Waals surface area contributed by atoms with Gasteiger partial charge >= 0.3 is 0 Å². The van der Waals surface area contributed by atoms with Crippen LogP contribution in [0.2, 0.25) is 0 Å². The van der Waals surface area contributed by atoms with Crippen molar-refractivity contribution in [2.75, 3.05) is 19.4 Å². The predicted molar refractivity (Wildman–Crippen MR) is 101 cm³/mol. The van der Waals surface area contributed by atoms with Crippen molar-refractivity contribution in [3.05, 3.63) is 58.1 Å². The summed E-state index contributed by atoms with van der Waals surface area (Å²) in [4.78, 5) is 12.8. The van der Waals surface area contributed by atoms with Gasteiger partial charge in [-0.25, -0.2) is 12.7 Å². The molecule has 136 valence electrons. The Balaban J connectivity index is 2.48. The summed E-state index contributed by atoms with van der Waals surface area (Å²) in [6.45, 7) is 5.30. The number of sulfonamides is 1. The SMILES string of the molecule is Cc1ccc(C#N)cc1NC(=O)c1cc(C)c(C)c(S(=O)(=O)N(C)C)c1. The van der Waals surface area contributed by atoms with Gasteiger partial charge in [-0.05, 0) is 61.7 Å². The highest BCUT2D eigenvalue weighted by molar-refractivity contribution is 7.89. The van der Waals surface area contributed by atoms with Crippen LogP contribution in [0.5, 0.6) is 0 Å². The van der Waals surface area contributed by atoms with Crippen LogP contribution in [0, 0.1) is 32.1 Å². The van der Waals surface area contributed by atoms with Gasteiger partial charge in [0.05, 0.1) is 16.5 Å². The molecule has 0 aromatic heterocycles. The van der Waals surface area contributed by atoms with Gasteiger partial charge in [-0.3, -0.25) is 4.79 Å². The Kier molecular flexibility index (Phi) is 5.50. The smallest absolute Gasteiger partial charge is 0.255 e. The molecule has 0 unspecified atom stereocenters. The molecule has 6 nitrogen and oxygen atoms in total. The molecule has 1 amide bonds. The Hall–Kier alpha value is -2.69. The predicted octanol–water partition coefficient (Wildman–Crippen LogP) is 2.99. The molecule has 26 heavy (non-hydrogen) atoms. The highest BCUT2D eigenvalue weighted by atomic mass is 32.2. The van der Waals surface area contributed by atoms with E-state index in [0.717, 1.165) is 9.87 Å². The highest BCUT2D eigenvalue weighted by Crippen LogP contribution is 2.24. The van der Waals surface area contributed by atoms with Gasteiger partial charge in [-0.15, -0.1) is 0 Å². The average Bonchev–Trinajstić information content (AvgIpc) is 2.58. The molecule has 2 aromatic rings. The maximum Gasteiger partial charge on any atom is 0.255 e. The second-order valence-corrected chi connectivity index (χ2v) is 8.42. The minimum atomic E-state index is -3.67. The number of hydrogen-bond donors (Lipinski definition) is 1. The molecule has 0 bridgehead atoms. The summed E-state index contributed by atoms with van der Waals surface area (Å²) in [5.74, 6) is -0.429. The molecule has 1 N–H and O–H groups in total. The molecule has 0 spiro atoms. The maximum absolute atomic E-state index is 12.7. The molecule has 0 aliphatic carbocycles.